The molecule has 2 fully saturated rings. The van der Waals surface area contributed by atoms with Crippen molar-refractivity contribution in [3.05, 3.63) is 53.7 Å². The Hall–Kier alpha value is -2.36. The molecule has 0 N–H and O–H groups in total. The zero-order valence-corrected chi connectivity index (χ0v) is 13.8. The molecule has 4 rings (SSSR count). The van der Waals surface area contributed by atoms with Gasteiger partial charge in [0.15, 0.2) is 0 Å². The van der Waals surface area contributed by atoms with Gasteiger partial charge in [0.2, 0.25) is 5.88 Å². The summed E-state index contributed by atoms with van der Waals surface area (Å²) in [7, 11) is 1.35. The highest BCUT2D eigenvalue weighted by Gasteiger charge is 2.39. The quantitative estimate of drug-likeness (QED) is 0.774. The molecule has 4 heteroatoms. The van der Waals surface area contributed by atoms with Crippen LogP contribution >= 0.6 is 0 Å². The van der Waals surface area contributed by atoms with Gasteiger partial charge in [-0.15, -0.1) is 0 Å². The minimum atomic E-state index is -0.399. The highest BCUT2D eigenvalue weighted by molar-refractivity contribution is 5.88. The Morgan fingerprint density at radius 3 is 2.50 bits per heavy atom. The first-order valence-electron chi connectivity index (χ1n) is 8.55. The molecule has 1 heterocycles. The van der Waals surface area contributed by atoms with Gasteiger partial charge < -0.3 is 9.47 Å². The molecule has 0 spiro atoms. The van der Waals surface area contributed by atoms with Crippen molar-refractivity contribution in [1.82, 2.24) is 4.98 Å². The Morgan fingerprint density at radius 2 is 1.92 bits per heavy atom. The molecule has 2 aliphatic rings. The lowest BCUT2D eigenvalue weighted by atomic mass is 9.83. The van der Waals surface area contributed by atoms with Gasteiger partial charge in [-0.05, 0) is 60.8 Å². The van der Waals surface area contributed by atoms with Crippen LogP contribution in [0.15, 0.2) is 42.6 Å². The number of methoxy groups -OCH3 is 1. The lowest BCUT2D eigenvalue weighted by Gasteiger charge is -2.22. The van der Waals surface area contributed by atoms with E-state index in [0.29, 0.717) is 11.4 Å². The van der Waals surface area contributed by atoms with Gasteiger partial charge in [0.1, 0.15) is 5.75 Å². The van der Waals surface area contributed by atoms with Crippen LogP contribution in [0.5, 0.6) is 11.6 Å². The first kappa shape index (κ1) is 15.2. The summed E-state index contributed by atoms with van der Waals surface area (Å²) in [5.41, 5.74) is 1.85. The minimum absolute atomic E-state index is 0.399. The number of aromatic nitrogens is 1. The number of fused-ring (bicyclic) bond motifs is 2. The second-order valence-corrected chi connectivity index (χ2v) is 6.83. The molecule has 0 aliphatic heterocycles. The summed E-state index contributed by atoms with van der Waals surface area (Å²) in [6.07, 6.45) is 7.05. The molecule has 1 aromatic carbocycles. The highest BCUT2D eigenvalue weighted by atomic mass is 16.5. The van der Waals surface area contributed by atoms with E-state index in [0.717, 1.165) is 23.5 Å². The number of hydrogen-bond donors (Lipinski definition) is 0. The first-order chi connectivity index (χ1) is 11.7. The Labute approximate surface area is 141 Å². The number of esters is 1. The lowest BCUT2D eigenvalue weighted by Crippen LogP contribution is -2.08. The van der Waals surface area contributed by atoms with Gasteiger partial charge in [-0.25, -0.2) is 9.78 Å². The highest BCUT2D eigenvalue weighted by Crippen LogP contribution is 2.52. The fourth-order valence-corrected chi connectivity index (χ4v) is 4.24. The molecule has 3 atom stereocenters. The summed E-state index contributed by atoms with van der Waals surface area (Å²) in [6, 6.07) is 11.7. The van der Waals surface area contributed by atoms with E-state index >= 15 is 0 Å². The van der Waals surface area contributed by atoms with Gasteiger partial charge in [-0.2, -0.15) is 0 Å². The summed E-state index contributed by atoms with van der Waals surface area (Å²) in [5, 5.41) is 0. The van der Waals surface area contributed by atoms with Crippen molar-refractivity contribution in [2.75, 3.05) is 7.11 Å². The molecule has 0 radical (unpaired) electrons. The molecular formula is C20H21NO3. The van der Waals surface area contributed by atoms with E-state index in [2.05, 4.69) is 21.9 Å². The number of ether oxygens (including phenoxy) is 2. The van der Waals surface area contributed by atoms with Crippen LogP contribution in [0, 0.1) is 11.8 Å². The molecule has 0 saturated heterocycles. The molecule has 1 aromatic heterocycles. The molecule has 24 heavy (non-hydrogen) atoms. The maximum atomic E-state index is 11.4. The molecular weight excluding hydrogens is 302 g/mol. The average molecular weight is 323 g/mol. The number of benzene rings is 1. The topological polar surface area (TPSA) is 48.4 Å². The minimum Gasteiger partial charge on any atom is -0.465 e. The Morgan fingerprint density at radius 1 is 1.08 bits per heavy atom. The number of carbonyl (C=O) groups is 1. The molecule has 0 amide bonds. The molecule has 2 aromatic rings. The van der Waals surface area contributed by atoms with Gasteiger partial charge >= 0.3 is 5.97 Å². The summed E-state index contributed by atoms with van der Waals surface area (Å²) < 4.78 is 10.4. The molecule has 4 nitrogen and oxygen atoms in total. The van der Waals surface area contributed by atoms with Crippen LogP contribution < -0.4 is 4.74 Å². The summed E-state index contributed by atoms with van der Waals surface area (Å²) in [6.45, 7) is 0. The third-order valence-corrected chi connectivity index (χ3v) is 5.43. The van der Waals surface area contributed by atoms with Crippen molar-refractivity contribution in [3.8, 4) is 11.6 Å². The molecule has 3 unspecified atom stereocenters. The first-order valence-corrected chi connectivity index (χ1v) is 8.55. The maximum Gasteiger partial charge on any atom is 0.339 e. The van der Waals surface area contributed by atoms with Crippen LogP contribution in [0.3, 0.4) is 0 Å². The van der Waals surface area contributed by atoms with E-state index < -0.39 is 5.97 Å². The summed E-state index contributed by atoms with van der Waals surface area (Å²) in [4.78, 5) is 15.5. The summed E-state index contributed by atoms with van der Waals surface area (Å²) in [5.74, 6) is 3.40. The third kappa shape index (κ3) is 2.88. The third-order valence-electron chi connectivity index (χ3n) is 5.43. The van der Waals surface area contributed by atoms with E-state index in [1.165, 1.54) is 44.6 Å². The zero-order chi connectivity index (χ0) is 16.5. The fraction of sp³-hybridized carbons (Fsp3) is 0.400. The standard InChI is InChI=1S/C20H21NO3/c1-23-20(22)16-6-9-19(21-12-16)24-17-7-4-14(5-8-17)18-11-13-2-3-15(18)10-13/h4-9,12-13,15,18H,2-3,10-11H2,1H3. The Balaban J connectivity index is 1.43. The monoisotopic (exact) mass is 323 g/mol. The lowest BCUT2D eigenvalue weighted by molar-refractivity contribution is 0.0600. The van der Waals surface area contributed by atoms with Crippen molar-refractivity contribution in [2.45, 2.75) is 31.6 Å². The van der Waals surface area contributed by atoms with Gasteiger partial charge in [-0.1, -0.05) is 18.6 Å². The second kappa shape index (κ2) is 6.27. The number of rotatable bonds is 4. The van der Waals surface area contributed by atoms with E-state index in [9.17, 15) is 4.79 Å². The SMILES string of the molecule is COC(=O)c1ccc(Oc2ccc(C3CC4CCC3C4)cc2)nc1. The van der Waals surface area contributed by atoms with E-state index in [1.807, 2.05) is 12.1 Å². The van der Waals surface area contributed by atoms with E-state index in [-0.39, 0.29) is 0 Å². The Bertz CT molecular complexity index is 724. The predicted molar refractivity (Wildman–Crippen MR) is 90.3 cm³/mol. The van der Waals surface area contributed by atoms with Gasteiger partial charge in [0.25, 0.3) is 0 Å². The van der Waals surface area contributed by atoms with Crippen molar-refractivity contribution < 1.29 is 14.3 Å². The van der Waals surface area contributed by atoms with Crippen LogP contribution in [0.25, 0.3) is 0 Å². The van der Waals surface area contributed by atoms with Crippen LogP contribution in [0.2, 0.25) is 0 Å². The predicted octanol–water partition coefficient (Wildman–Crippen LogP) is 4.56. The van der Waals surface area contributed by atoms with Crippen LogP contribution in [0.1, 0.15) is 47.5 Å². The number of hydrogen-bond acceptors (Lipinski definition) is 4. The van der Waals surface area contributed by atoms with Gasteiger partial charge in [0, 0.05) is 12.3 Å². The number of carbonyl (C=O) groups excluding carboxylic acids is 1. The van der Waals surface area contributed by atoms with Gasteiger partial charge in [-0.3, -0.25) is 0 Å². The van der Waals surface area contributed by atoms with Crippen molar-refractivity contribution in [1.29, 1.82) is 0 Å². The molecule has 2 aliphatic carbocycles. The number of nitrogens with zero attached hydrogens (tertiary/aromatic N) is 1. The van der Waals surface area contributed by atoms with Gasteiger partial charge in [0.05, 0.1) is 12.7 Å². The average Bonchev–Trinajstić information content (AvgIpc) is 3.26. The van der Waals surface area contributed by atoms with Crippen molar-refractivity contribution in [2.24, 2.45) is 11.8 Å². The molecule has 2 bridgehead atoms. The van der Waals surface area contributed by atoms with Crippen LogP contribution in [0.4, 0.5) is 0 Å². The summed E-state index contributed by atoms with van der Waals surface area (Å²) >= 11 is 0. The van der Waals surface area contributed by atoms with E-state index in [1.54, 1.807) is 12.1 Å². The van der Waals surface area contributed by atoms with E-state index in [4.69, 9.17) is 4.74 Å². The fourth-order valence-electron chi connectivity index (χ4n) is 4.24. The normalized spacial score (nSPS) is 24.8. The number of pyridine rings is 1. The van der Waals surface area contributed by atoms with Crippen LogP contribution in [-0.4, -0.2) is 18.1 Å². The van der Waals surface area contributed by atoms with Crippen molar-refractivity contribution >= 4 is 5.97 Å². The maximum absolute atomic E-state index is 11.4. The second-order valence-electron chi connectivity index (χ2n) is 6.83. The van der Waals surface area contributed by atoms with Crippen LogP contribution in [-0.2, 0) is 4.74 Å². The van der Waals surface area contributed by atoms with Crippen molar-refractivity contribution in [3.63, 3.8) is 0 Å². The Kier molecular flexibility index (Phi) is 3.97. The smallest absolute Gasteiger partial charge is 0.339 e. The molecule has 2 saturated carbocycles. The zero-order valence-electron chi connectivity index (χ0n) is 13.8. The largest absolute Gasteiger partial charge is 0.465 e. The molecule has 124 valence electrons.